The Labute approximate surface area is 144 Å². The van der Waals surface area contributed by atoms with Crippen LogP contribution in [0.2, 0.25) is 0 Å². The highest BCUT2D eigenvalue weighted by Gasteiger charge is 2.16. The van der Waals surface area contributed by atoms with Crippen molar-refractivity contribution in [3.05, 3.63) is 71.3 Å². The van der Waals surface area contributed by atoms with Gasteiger partial charge in [-0.05, 0) is 47.9 Å². The van der Waals surface area contributed by atoms with E-state index < -0.39 is 5.97 Å². The molecule has 3 nitrogen and oxygen atoms in total. The molecule has 0 saturated carbocycles. The summed E-state index contributed by atoms with van der Waals surface area (Å²) in [7, 11) is 0. The largest absolute Gasteiger partial charge is 0.478 e. The van der Waals surface area contributed by atoms with Crippen molar-refractivity contribution in [1.29, 1.82) is 0 Å². The summed E-state index contributed by atoms with van der Waals surface area (Å²) in [5.74, 6) is -0.881. The molecule has 0 aliphatic heterocycles. The third-order valence-corrected chi connectivity index (χ3v) is 4.30. The first-order valence-corrected chi connectivity index (χ1v) is 8.53. The maximum Gasteiger partial charge on any atom is 0.335 e. The van der Waals surface area contributed by atoms with Crippen LogP contribution in [0.5, 0.6) is 0 Å². The van der Waals surface area contributed by atoms with E-state index in [9.17, 15) is 4.79 Å². The first kappa shape index (κ1) is 18.2. The molecule has 0 amide bonds. The Balaban J connectivity index is 1.70. The number of nitrogens with one attached hydrogen (secondary N) is 1. The Kier molecular flexibility index (Phi) is 6.56. The van der Waals surface area contributed by atoms with E-state index in [4.69, 9.17) is 5.11 Å². The van der Waals surface area contributed by atoms with Gasteiger partial charge in [0.15, 0.2) is 0 Å². The summed E-state index contributed by atoms with van der Waals surface area (Å²) in [6.07, 6.45) is 3.49. The molecule has 0 bridgehead atoms. The smallest absolute Gasteiger partial charge is 0.335 e. The van der Waals surface area contributed by atoms with Gasteiger partial charge in [0.05, 0.1) is 5.56 Å². The Bertz CT molecular complexity index is 633. The van der Waals surface area contributed by atoms with E-state index >= 15 is 0 Å². The van der Waals surface area contributed by atoms with Crippen LogP contribution >= 0.6 is 0 Å². The number of aryl methyl sites for hydroxylation is 1. The van der Waals surface area contributed by atoms with Crippen LogP contribution in [0.25, 0.3) is 0 Å². The summed E-state index contributed by atoms with van der Waals surface area (Å²) in [4.78, 5) is 10.8. The molecule has 0 atom stereocenters. The third-order valence-electron chi connectivity index (χ3n) is 4.30. The first-order chi connectivity index (χ1) is 11.5. The number of carbonyl (C=O) groups is 1. The van der Waals surface area contributed by atoms with Crippen molar-refractivity contribution in [2.45, 2.75) is 39.7 Å². The zero-order valence-electron chi connectivity index (χ0n) is 14.6. The minimum Gasteiger partial charge on any atom is -0.478 e. The van der Waals surface area contributed by atoms with Gasteiger partial charge in [-0.15, -0.1) is 0 Å². The Morgan fingerprint density at radius 3 is 2.29 bits per heavy atom. The van der Waals surface area contributed by atoms with Crippen molar-refractivity contribution in [2.75, 3.05) is 6.54 Å². The zero-order chi connectivity index (χ0) is 17.4. The molecular formula is C21H27NO2. The number of hydrogen-bond donors (Lipinski definition) is 2. The number of aromatic carboxylic acids is 1. The standard InChI is InChI=1S/C21H27NO2/c1-21(2,14-6-9-17-7-4-3-5-8-17)16-22-15-18-10-12-19(13-11-18)20(23)24/h3-5,7-8,10-13,22H,6,9,14-16H2,1-2H3,(H,23,24). The molecule has 128 valence electrons. The molecule has 0 aliphatic rings. The highest BCUT2D eigenvalue weighted by molar-refractivity contribution is 5.87. The van der Waals surface area contributed by atoms with E-state index in [-0.39, 0.29) is 5.41 Å². The lowest BCUT2D eigenvalue weighted by molar-refractivity contribution is 0.0697. The predicted molar refractivity (Wildman–Crippen MR) is 98.3 cm³/mol. The number of rotatable bonds is 9. The average Bonchev–Trinajstić information content (AvgIpc) is 2.56. The monoisotopic (exact) mass is 325 g/mol. The minimum atomic E-state index is -0.881. The number of carboxylic acid groups (broad SMARTS) is 1. The summed E-state index contributed by atoms with van der Waals surface area (Å²) in [6.45, 7) is 6.29. The fraction of sp³-hybridized carbons (Fsp3) is 0.381. The summed E-state index contributed by atoms with van der Waals surface area (Å²) < 4.78 is 0. The van der Waals surface area contributed by atoms with Gasteiger partial charge < -0.3 is 10.4 Å². The Morgan fingerprint density at radius 1 is 1.00 bits per heavy atom. The van der Waals surface area contributed by atoms with Crippen molar-refractivity contribution in [2.24, 2.45) is 5.41 Å². The van der Waals surface area contributed by atoms with E-state index in [0.29, 0.717) is 5.56 Å². The summed E-state index contributed by atoms with van der Waals surface area (Å²) in [5.41, 5.74) is 3.09. The normalized spacial score (nSPS) is 11.4. The van der Waals surface area contributed by atoms with Crippen LogP contribution in [-0.2, 0) is 13.0 Å². The lowest BCUT2D eigenvalue weighted by atomic mass is 9.86. The van der Waals surface area contributed by atoms with Gasteiger partial charge in [0.2, 0.25) is 0 Å². The van der Waals surface area contributed by atoms with E-state index in [1.165, 1.54) is 18.4 Å². The van der Waals surface area contributed by atoms with Crippen LogP contribution in [0, 0.1) is 5.41 Å². The fourth-order valence-electron chi connectivity index (χ4n) is 2.81. The van der Waals surface area contributed by atoms with Crippen LogP contribution in [0.1, 0.15) is 48.2 Å². The van der Waals surface area contributed by atoms with Gasteiger partial charge in [-0.1, -0.05) is 56.3 Å². The molecule has 3 heteroatoms. The SMILES string of the molecule is CC(C)(CCCc1ccccc1)CNCc1ccc(C(=O)O)cc1. The van der Waals surface area contributed by atoms with Crippen LogP contribution in [0.4, 0.5) is 0 Å². The lowest BCUT2D eigenvalue weighted by Gasteiger charge is -2.25. The maximum absolute atomic E-state index is 10.8. The second-order valence-electron chi connectivity index (χ2n) is 7.11. The van der Waals surface area contributed by atoms with E-state index in [0.717, 1.165) is 25.1 Å². The molecule has 0 spiro atoms. The van der Waals surface area contributed by atoms with Gasteiger partial charge in [-0.2, -0.15) is 0 Å². The second-order valence-corrected chi connectivity index (χ2v) is 7.11. The van der Waals surface area contributed by atoms with E-state index in [1.54, 1.807) is 12.1 Å². The van der Waals surface area contributed by atoms with Crippen molar-refractivity contribution in [1.82, 2.24) is 5.32 Å². The Morgan fingerprint density at radius 2 is 1.67 bits per heavy atom. The quantitative estimate of drug-likeness (QED) is 0.712. The summed E-state index contributed by atoms with van der Waals surface area (Å²) in [5, 5.41) is 12.4. The molecule has 2 aromatic carbocycles. The highest BCUT2D eigenvalue weighted by Crippen LogP contribution is 2.22. The van der Waals surface area contributed by atoms with Crippen molar-refractivity contribution < 1.29 is 9.90 Å². The lowest BCUT2D eigenvalue weighted by Crippen LogP contribution is -2.29. The topological polar surface area (TPSA) is 49.3 Å². The molecule has 2 N–H and O–H groups in total. The molecule has 0 unspecified atom stereocenters. The van der Waals surface area contributed by atoms with Crippen LogP contribution in [0.3, 0.4) is 0 Å². The first-order valence-electron chi connectivity index (χ1n) is 8.53. The highest BCUT2D eigenvalue weighted by atomic mass is 16.4. The van der Waals surface area contributed by atoms with E-state index in [1.807, 2.05) is 12.1 Å². The predicted octanol–water partition coefficient (Wildman–Crippen LogP) is 4.52. The maximum atomic E-state index is 10.8. The van der Waals surface area contributed by atoms with Gasteiger partial charge in [0, 0.05) is 13.1 Å². The fourth-order valence-corrected chi connectivity index (χ4v) is 2.81. The molecule has 0 heterocycles. The van der Waals surface area contributed by atoms with Gasteiger partial charge >= 0.3 is 5.97 Å². The molecule has 0 aliphatic carbocycles. The summed E-state index contributed by atoms with van der Waals surface area (Å²) in [6, 6.07) is 17.7. The average molecular weight is 325 g/mol. The van der Waals surface area contributed by atoms with Crippen molar-refractivity contribution in [3.63, 3.8) is 0 Å². The second kappa shape index (κ2) is 8.65. The number of hydrogen-bond acceptors (Lipinski definition) is 2. The number of benzene rings is 2. The molecule has 0 aromatic heterocycles. The van der Waals surface area contributed by atoms with Crippen LogP contribution in [-0.4, -0.2) is 17.6 Å². The molecule has 24 heavy (non-hydrogen) atoms. The van der Waals surface area contributed by atoms with Crippen LogP contribution < -0.4 is 5.32 Å². The molecule has 0 fully saturated rings. The zero-order valence-corrected chi connectivity index (χ0v) is 14.6. The molecule has 2 aromatic rings. The molecule has 0 saturated heterocycles. The Hall–Kier alpha value is -2.13. The van der Waals surface area contributed by atoms with Crippen molar-refractivity contribution >= 4 is 5.97 Å². The van der Waals surface area contributed by atoms with Gasteiger partial charge in [0.1, 0.15) is 0 Å². The summed E-state index contributed by atoms with van der Waals surface area (Å²) >= 11 is 0. The third kappa shape index (κ3) is 6.17. The molecule has 2 rings (SSSR count). The van der Waals surface area contributed by atoms with Crippen LogP contribution in [0.15, 0.2) is 54.6 Å². The van der Waals surface area contributed by atoms with Gasteiger partial charge in [0.25, 0.3) is 0 Å². The van der Waals surface area contributed by atoms with Crippen molar-refractivity contribution in [3.8, 4) is 0 Å². The number of carboxylic acids is 1. The van der Waals surface area contributed by atoms with Gasteiger partial charge in [-0.3, -0.25) is 0 Å². The molecule has 0 radical (unpaired) electrons. The minimum absolute atomic E-state index is 0.246. The van der Waals surface area contributed by atoms with Gasteiger partial charge in [-0.25, -0.2) is 4.79 Å². The van der Waals surface area contributed by atoms with E-state index in [2.05, 4.69) is 49.5 Å². The molecular weight excluding hydrogens is 298 g/mol.